The Morgan fingerprint density at radius 1 is 1.00 bits per heavy atom. The topological polar surface area (TPSA) is 38.1 Å². The third-order valence-corrected chi connectivity index (χ3v) is 4.61. The van der Waals surface area contributed by atoms with E-state index in [1.165, 1.54) is 5.56 Å². The van der Waals surface area contributed by atoms with Gasteiger partial charge in [-0.2, -0.15) is 5.10 Å². The molecule has 0 bridgehead atoms. The summed E-state index contributed by atoms with van der Waals surface area (Å²) in [6.07, 6.45) is 1.82. The van der Waals surface area contributed by atoms with Crippen molar-refractivity contribution >= 4 is 5.91 Å². The summed E-state index contributed by atoms with van der Waals surface area (Å²) in [7, 11) is 3.73. The van der Waals surface area contributed by atoms with Crippen LogP contribution in [0.25, 0.3) is 11.1 Å². The van der Waals surface area contributed by atoms with Crippen LogP contribution in [0, 0.1) is 13.8 Å². The summed E-state index contributed by atoms with van der Waals surface area (Å²) in [5.74, 6) is 0.0127. The Labute approximate surface area is 148 Å². The Hall–Kier alpha value is -2.88. The fraction of sp³-hybridized carbons (Fsp3) is 0.238. The first-order chi connectivity index (χ1) is 12.0. The van der Waals surface area contributed by atoms with Crippen LogP contribution in [0.15, 0.2) is 54.7 Å². The smallest absolute Gasteiger partial charge is 0.253 e. The maximum Gasteiger partial charge on any atom is 0.253 e. The Morgan fingerprint density at radius 2 is 1.56 bits per heavy atom. The minimum absolute atomic E-state index is 0.0127. The van der Waals surface area contributed by atoms with Gasteiger partial charge in [-0.1, -0.05) is 42.0 Å². The molecule has 1 heterocycles. The molecule has 0 saturated carbocycles. The lowest BCUT2D eigenvalue weighted by atomic mass is 10.0. The number of benzene rings is 2. The van der Waals surface area contributed by atoms with Crippen molar-refractivity contribution < 1.29 is 4.79 Å². The molecule has 4 nitrogen and oxygen atoms in total. The monoisotopic (exact) mass is 333 g/mol. The van der Waals surface area contributed by atoms with Gasteiger partial charge in [-0.25, -0.2) is 0 Å². The van der Waals surface area contributed by atoms with Crippen molar-refractivity contribution in [1.29, 1.82) is 0 Å². The predicted molar refractivity (Wildman–Crippen MR) is 100 cm³/mol. The van der Waals surface area contributed by atoms with E-state index in [1.807, 2.05) is 56.2 Å². The molecule has 2 aromatic carbocycles. The normalized spacial score (nSPS) is 10.7. The molecule has 0 unspecified atom stereocenters. The third kappa shape index (κ3) is 3.63. The highest BCUT2D eigenvalue weighted by Crippen LogP contribution is 2.21. The largest absolute Gasteiger partial charge is 0.337 e. The highest BCUT2D eigenvalue weighted by atomic mass is 16.2. The number of hydrogen-bond donors (Lipinski definition) is 0. The van der Waals surface area contributed by atoms with E-state index in [0.29, 0.717) is 12.1 Å². The predicted octanol–water partition coefficient (Wildman–Crippen LogP) is 3.98. The second kappa shape index (κ2) is 6.93. The van der Waals surface area contributed by atoms with Gasteiger partial charge in [0.2, 0.25) is 0 Å². The third-order valence-electron chi connectivity index (χ3n) is 4.61. The van der Waals surface area contributed by atoms with E-state index in [9.17, 15) is 4.79 Å². The number of aromatic nitrogens is 2. The summed E-state index contributed by atoms with van der Waals surface area (Å²) in [6.45, 7) is 4.64. The molecule has 0 fully saturated rings. The number of hydrogen-bond acceptors (Lipinski definition) is 2. The van der Waals surface area contributed by atoms with Gasteiger partial charge in [0.1, 0.15) is 0 Å². The van der Waals surface area contributed by atoms with Crippen molar-refractivity contribution in [2.24, 2.45) is 7.05 Å². The Kier molecular flexibility index (Phi) is 4.70. The lowest BCUT2D eigenvalue weighted by Crippen LogP contribution is -2.26. The van der Waals surface area contributed by atoms with Crippen LogP contribution in [0.1, 0.15) is 27.2 Å². The van der Waals surface area contributed by atoms with Gasteiger partial charge >= 0.3 is 0 Å². The molecule has 0 radical (unpaired) electrons. The summed E-state index contributed by atoms with van der Waals surface area (Å²) in [5, 5.41) is 4.23. The van der Waals surface area contributed by atoms with E-state index in [-0.39, 0.29) is 5.91 Å². The number of carbonyl (C=O) groups excluding carboxylic acids is 1. The molecule has 0 saturated heterocycles. The van der Waals surface area contributed by atoms with E-state index >= 15 is 0 Å². The van der Waals surface area contributed by atoms with Crippen LogP contribution in [-0.2, 0) is 13.6 Å². The number of nitrogens with zero attached hydrogens (tertiary/aromatic N) is 3. The minimum Gasteiger partial charge on any atom is -0.337 e. The molecule has 0 aliphatic carbocycles. The average Bonchev–Trinajstić information content (AvgIpc) is 2.94. The number of amides is 1. The summed E-state index contributed by atoms with van der Waals surface area (Å²) in [6, 6.07) is 16.2. The molecule has 1 aromatic heterocycles. The molecule has 3 rings (SSSR count). The van der Waals surface area contributed by atoms with Gasteiger partial charge < -0.3 is 4.90 Å². The van der Waals surface area contributed by atoms with Crippen molar-refractivity contribution in [2.45, 2.75) is 20.4 Å². The number of rotatable bonds is 4. The molecule has 128 valence electrons. The summed E-state index contributed by atoms with van der Waals surface area (Å²) < 4.78 is 1.82. The maximum atomic E-state index is 12.7. The van der Waals surface area contributed by atoms with Gasteiger partial charge in [0.25, 0.3) is 5.91 Å². The van der Waals surface area contributed by atoms with Crippen LogP contribution in [0.3, 0.4) is 0 Å². The van der Waals surface area contributed by atoms with Crippen molar-refractivity contribution in [3.8, 4) is 11.1 Å². The molecule has 1 amide bonds. The Morgan fingerprint density at radius 3 is 2.08 bits per heavy atom. The Bertz CT molecular complexity index is 877. The van der Waals surface area contributed by atoms with E-state index in [4.69, 9.17) is 0 Å². The first-order valence-corrected chi connectivity index (χ1v) is 8.36. The van der Waals surface area contributed by atoms with Crippen LogP contribution in [0.4, 0.5) is 0 Å². The zero-order valence-corrected chi connectivity index (χ0v) is 15.2. The molecular weight excluding hydrogens is 310 g/mol. The fourth-order valence-electron chi connectivity index (χ4n) is 2.80. The molecule has 3 aromatic rings. The van der Waals surface area contributed by atoms with Crippen LogP contribution in [0.2, 0.25) is 0 Å². The molecule has 0 spiro atoms. The number of carbonyl (C=O) groups is 1. The van der Waals surface area contributed by atoms with Gasteiger partial charge in [0.15, 0.2) is 0 Å². The van der Waals surface area contributed by atoms with Crippen molar-refractivity contribution in [3.63, 3.8) is 0 Å². The average molecular weight is 333 g/mol. The van der Waals surface area contributed by atoms with Gasteiger partial charge in [-0.15, -0.1) is 0 Å². The van der Waals surface area contributed by atoms with Crippen LogP contribution < -0.4 is 0 Å². The van der Waals surface area contributed by atoms with Crippen molar-refractivity contribution in [2.75, 3.05) is 7.05 Å². The molecule has 0 N–H and O–H groups in total. The fourth-order valence-corrected chi connectivity index (χ4v) is 2.80. The summed E-state index contributed by atoms with van der Waals surface area (Å²) >= 11 is 0. The number of aryl methyl sites for hydroxylation is 2. The van der Waals surface area contributed by atoms with E-state index in [2.05, 4.69) is 36.3 Å². The molecule has 0 aliphatic heterocycles. The van der Waals surface area contributed by atoms with E-state index in [0.717, 1.165) is 22.4 Å². The van der Waals surface area contributed by atoms with Gasteiger partial charge in [-0.3, -0.25) is 9.48 Å². The lowest BCUT2D eigenvalue weighted by molar-refractivity contribution is 0.0785. The standard InChI is InChI=1S/C21H23N3O/c1-15-5-7-17(8-6-15)18-9-11-19(12-10-18)21(25)23(3)14-20-13-22-24(4)16(20)2/h5-13H,14H2,1-4H3. The zero-order chi connectivity index (χ0) is 18.0. The summed E-state index contributed by atoms with van der Waals surface area (Å²) in [4.78, 5) is 14.4. The molecular formula is C21H23N3O. The second-order valence-corrected chi connectivity index (χ2v) is 6.48. The molecule has 0 atom stereocenters. The van der Waals surface area contributed by atoms with Gasteiger partial charge in [-0.05, 0) is 37.1 Å². The van der Waals surface area contributed by atoms with Gasteiger partial charge in [0, 0.05) is 37.5 Å². The van der Waals surface area contributed by atoms with Crippen molar-refractivity contribution in [1.82, 2.24) is 14.7 Å². The zero-order valence-electron chi connectivity index (χ0n) is 15.2. The van der Waals surface area contributed by atoms with E-state index in [1.54, 1.807) is 4.90 Å². The quantitative estimate of drug-likeness (QED) is 0.724. The molecule has 0 aliphatic rings. The van der Waals surface area contributed by atoms with Crippen LogP contribution in [-0.4, -0.2) is 27.6 Å². The highest BCUT2D eigenvalue weighted by molar-refractivity contribution is 5.94. The first kappa shape index (κ1) is 17.0. The van der Waals surface area contributed by atoms with Gasteiger partial charge in [0.05, 0.1) is 6.20 Å². The maximum absolute atomic E-state index is 12.7. The van der Waals surface area contributed by atoms with Crippen molar-refractivity contribution in [3.05, 3.63) is 77.1 Å². The molecule has 4 heteroatoms. The minimum atomic E-state index is 0.0127. The Balaban J connectivity index is 1.73. The van der Waals surface area contributed by atoms with E-state index < -0.39 is 0 Å². The second-order valence-electron chi connectivity index (χ2n) is 6.48. The van der Waals surface area contributed by atoms with Crippen LogP contribution >= 0.6 is 0 Å². The van der Waals surface area contributed by atoms with Crippen LogP contribution in [0.5, 0.6) is 0 Å². The lowest BCUT2D eigenvalue weighted by Gasteiger charge is -2.17. The highest BCUT2D eigenvalue weighted by Gasteiger charge is 2.14. The molecule has 25 heavy (non-hydrogen) atoms. The summed E-state index contributed by atoms with van der Waals surface area (Å²) in [5.41, 5.74) is 6.35. The first-order valence-electron chi connectivity index (χ1n) is 8.36. The SMILES string of the molecule is Cc1ccc(-c2ccc(C(=O)N(C)Cc3cnn(C)c3C)cc2)cc1.